The Kier molecular flexibility index (Phi) is 3.31. The van der Waals surface area contributed by atoms with Crippen molar-refractivity contribution < 1.29 is 19.5 Å². The van der Waals surface area contributed by atoms with Gasteiger partial charge in [-0.25, -0.2) is 0 Å². The van der Waals surface area contributed by atoms with Gasteiger partial charge in [0.15, 0.2) is 0 Å². The Bertz CT molecular complexity index is 3350. The molecule has 0 aliphatic heterocycles. The van der Waals surface area contributed by atoms with Gasteiger partial charge in [0, 0.05) is 43.6 Å². The molecule has 0 N–H and O–H groups in total. The Hall–Kier alpha value is -6.06. The van der Waals surface area contributed by atoms with E-state index in [2.05, 4.69) is 4.57 Å². The SMILES string of the molecule is [2H]c1c([2H])c([2H])c(-c2c(-n3c4ccccc4c4ccc5c(c6ccccc6n5-c5ccccc5)c43)c([2H])c([2H])c3oc4c([2H])c([2H])c([2H])c([2H])c4c23)c([2H])c1[2H]. The molecule has 0 atom stereocenters. The topological polar surface area (TPSA) is 23.0 Å². The Morgan fingerprint density at radius 3 is 2.02 bits per heavy atom. The number of hydrogen-bond donors (Lipinski definition) is 0. The van der Waals surface area contributed by atoms with E-state index in [9.17, 15) is 5.48 Å². The molecule has 3 nitrogen and oxygen atoms in total. The van der Waals surface area contributed by atoms with E-state index in [1.165, 1.54) is 0 Å². The molecule has 210 valence electrons. The normalized spacial score (nSPS) is 15.4. The third-order valence-electron chi connectivity index (χ3n) is 8.57. The minimum Gasteiger partial charge on any atom is -0.456 e. The fourth-order valence-electron chi connectivity index (χ4n) is 6.83. The number of nitrogens with zero attached hydrogens (tertiary/aromatic N) is 2. The molecule has 0 saturated heterocycles. The average Bonchev–Trinajstić information content (AvgIpc) is 3.88. The van der Waals surface area contributed by atoms with Crippen LogP contribution in [0.1, 0.15) is 15.1 Å². The van der Waals surface area contributed by atoms with Crippen molar-refractivity contribution in [1.82, 2.24) is 9.13 Å². The van der Waals surface area contributed by atoms with Crippen molar-refractivity contribution >= 4 is 65.6 Å². The number of hydrogen-bond acceptors (Lipinski definition) is 1. The minimum absolute atomic E-state index is 0.00798. The average molecular weight is 586 g/mol. The largest absolute Gasteiger partial charge is 0.456 e. The second kappa shape index (κ2) is 9.22. The molecule has 0 saturated carbocycles. The van der Waals surface area contributed by atoms with Crippen molar-refractivity contribution in [2.45, 2.75) is 0 Å². The smallest absolute Gasteiger partial charge is 0.136 e. The lowest BCUT2D eigenvalue weighted by atomic mass is 9.97. The molecule has 0 radical (unpaired) electrons. The van der Waals surface area contributed by atoms with Crippen LogP contribution >= 0.6 is 0 Å². The zero-order valence-corrected chi connectivity index (χ0v) is 23.5. The van der Waals surface area contributed by atoms with Crippen LogP contribution in [-0.2, 0) is 0 Å². The van der Waals surface area contributed by atoms with Crippen molar-refractivity contribution in [2.75, 3.05) is 0 Å². The lowest BCUT2D eigenvalue weighted by Crippen LogP contribution is -1.98. The maximum atomic E-state index is 9.77. The molecular formula is C42H26N2O. The monoisotopic (exact) mass is 585 g/mol. The van der Waals surface area contributed by atoms with Gasteiger partial charge in [-0.3, -0.25) is 0 Å². The summed E-state index contributed by atoms with van der Waals surface area (Å²) in [6.45, 7) is 0. The zero-order chi connectivity index (χ0) is 39.1. The third kappa shape index (κ3) is 3.35. The van der Waals surface area contributed by atoms with Gasteiger partial charge in [-0.05, 0) is 54.0 Å². The summed E-state index contributed by atoms with van der Waals surface area (Å²) in [5.74, 6) is 0. The van der Waals surface area contributed by atoms with Crippen LogP contribution in [0.4, 0.5) is 0 Å². The van der Waals surface area contributed by atoms with Gasteiger partial charge in [0.25, 0.3) is 0 Å². The summed E-state index contributed by atoms with van der Waals surface area (Å²) < 4.78 is 108. The first kappa shape index (κ1) is 16.1. The summed E-state index contributed by atoms with van der Waals surface area (Å²) in [6, 6.07) is 23.3. The van der Waals surface area contributed by atoms with Crippen LogP contribution in [0.15, 0.2) is 162 Å². The summed E-state index contributed by atoms with van der Waals surface area (Å²) >= 11 is 0. The van der Waals surface area contributed by atoms with Crippen molar-refractivity contribution in [1.29, 1.82) is 0 Å². The highest BCUT2D eigenvalue weighted by Gasteiger charge is 2.24. The highest BCUT2D eigenvalue weighted by Crippen LogP contribution is 2.46. The quantitative estimate of drug-likeness (QED) is 0.202. The number of furan rings is 1. The number of para-hydroxylation sites is 4. The van der Waals surface area contributed by atoms with Gasteiger partial charge in [0.05, 0.1) is 42.8 Å². The minimum atomic E-state index is -0.633. The van der Waals surface area contributed by atoms with Gasteiger partial charge in [-0.2, -0.15) is 0 Å². The first-order valence-electron chi connectivity index (χ1n) is 20.0. The second-order valence-corrected chi connectivity index (χ2v) is 10.9. The van der Waals surface area contributed by atoms with Crippen molar-refractivity contribution in [3.05, 3.63) is 157 Å². The Balaban J connectivity index is 1.54. The molecule has 10 aromatic rings. The predicted molar refractivity (Wildman–Crippen MR) is 188 cm³/mol. The van der Waals surface area contributed by atoms with E-state index >= 15 is 0 Å². The number of benzene rings is 7. The molecule has 0 fully saturated rings. The van der Waals surface area contributed by atoms with E-state index in [1.54, 1.807) is 4.57 Å². The van der Waals surface area contributed by atoms with Gasteiger partial charge < -0.3 is 13.6 Å². The van der Waals surface area contributed by atoms with Crippen molar-refractivity contribution in [3.8, 4) is 22.5 Å². The van der Waals surface area contributed by atoms with Gasteiger partial charge >= 0.3 is 0 Å². The van der Waals surface area contributed by atoms with Crippen LogP contribution in [0.25, 0.3) is 88.1 Å². The second-order valence-electron chi connectivity index (χ2n) is 10.9. The summed E-state index contributed by atoms with van der Waals surface area (Å²) in [5, 5.41) is 3.07. The van der Waals surface area contributed by atoms with Crippen LogP contribution < -0.4 is 0 Å². The summed E-state index contributed by atoms with van der Waals surface area (Å²) in [7, 11) is 0. The Morgan fingerprint density at radius 2 is 1.18 bits per heavy atom. The van der Waals surface area contributed by atoms with Crippen LogP contribution in [0.2, 0.25) is 0 Å². The number of fused-ring (bicyclic) bond motifs is 10. The van der Waals surface area contributed by atoms with Crippen LogP contribution in [-0.4, -0.2) is 9.13 Å². The Labute approximate surface area is 274 Å². The molecule has 0 aliphatic rings. The van der Waals surface area contributed by atoms with E-state index in [0.29, 0.717) is 11.0 Å². The molecule has 0 bridgehead atoms. The van der Waals surface area contributed by atoms with Crippen molar-refractivity contribution in [3.63, 3.8) is 0 Å². The fourth-order valence-corrected chi connectivity index (χ4v) is 6.83. The first-order chi connectivity index (χ1) is 26.9. The molecule has 3 aromatic heterocycles. The van der Waals surface area contributed by atoms with Gasteiger partial charge in [-0.1, -0.05) is 109 Å². The molecule has 7 aromatic carbocycles. The van der Waals surface area contributed by atoms with E-state index in [1.807, 2.05) is 91.0 Å². The highest BCUT2D eigenvalue weighted by molar-refractivity contribution is 6.27. The van der Waals surface area contributed by atoms with E-state index in [4.69, 9.17) is 14.0 Å². The summed E-state index contributed by atoms with van der Waals surface area (Å²) in [5.41, 5.74) is 2.93. The van der Waals surface area contributed by atoms with Crippen LogP contribution in [0, 0.1) is 0 Å². The Morgan fingerprint density at radius 1 is 0.467 bits per heavy atom. The number of aromatic nitrogens is 2. The van der Waals surface area contributed by atoms with Crippen LogP contribution in [0.5, 0.6) is 0 Å². The molecule has 10 rings (SSSR count). The van der Waals surface area contributed by atoms with E-state index in [-0.39, 0.29) is 38.8 Å². The number of rotatable bonds is 3. The molecule has 0 spiro atoms. The van der Waals surface area contributed by atoms with Crippen LogP contribution in [0.3, 0.4) is 0 Å². The third-order valence-corrected chi connectivity index (χ3v) is 8.57. The summed E-state index contributed by atoms with van der Waals surface area (Å²) in [6.07, 6.45) is 0. The van der Waals surface area contributed by atoms with Gasteiger partial charge in [-0.15, -0.1) is 0 Å². The molecule has 45 heavy (non-hydrogen) atoms. The molecule has 0 aliphatic carbocycles. The molecule has 3 heteroatoms. The van der Waals surface area contributed by atoms with Crippen molar-refractivity contribution in [2.24, 2.45) is 0 Å². The van der Waals surface area contributed by atoms with E-state index < -0.39 is 66.5 Å². The standard InChI is InChI=1S/C42H26N2O/c1-3-13-27(14-4-1)39-35(25-26-38-41(39)32-19-9-12-22-37(32)45-38)44-33-20-10-7-17-29(33)30-23-24-36-40(42(30)44)31-18-8-11-21-34(31)43(36)28-15-5-2-6-16-28/h1-26H/i1D,3D,4D,9D,12D,13D,14D,19D,22D,25D,26D. The van der Waals surface area contributed by atoms with E-state index in [0.717, 1.165) is 38.3 Å². The molecule has 0 amide bonds. The maximum absolute atomic E-state index is 9.77. The fraction of sp³-hybridized carbons (Fsp3) is 0. The molecule has 0 unspecified atom stereocenters. The molecule has 3 heterocycles. The summed E-state index contributed by atoms with van der Waals surface area (Å²) in [4.78, 5) is 0. The molecular weight excluding hydrogens is 548 g/mol. The lowest BCUT2D eigenvalue weighted by Gasteiger charge is -2.16. The predicted octanol–water partition coefficient (Wildman–Crippen LogP) is 11.4. The van der Waals surface area contributed by atoms with Gasteiger partial charge in [0.2, 0.25) is 0 Å². The zero-order valence-electron chi connectivity index (χ0n) is 34.5. The lowest BCUT2D eigenvalue weighted by molar-refractivity contribution is 0.669. The first-order valence-corrected chi connectivity index (χ1v) is 14.5. The van der Waals surface area contributed by atoms with Gasteiger partial charge in [0.1, 0.15) is 11.2 Å². The highest BCUT2D eigenvalue weighted by atomic mass is 16.3. The maximum Gasteiger partial charge on any atom is 0.136 e.